The molecule has 0 aromatic carbocycles. The van der Waals surface area contributed by atoms with Gasteiger partial charge in [-0.25, -0.2) is 0 Å². The summed E-state index contributed by atoms with van der Waals surface area (Å²) in [5.74, 6) is -1.49. The van der Waals surface area contributed by atoms with E-state index in [0.29, 0.717) is 0 Å². The summed E-state index contributed by atoms with van der Waals surface area (Å²) >= 11 is 3.94. The molecule has 0 saturated carbocycles. The van der Waals surface area contributed by atoms with E-state index in [1.165, 1.54) is 0 Å². The van der Waals surface area contributed by atoms with Crippen molar-refractivity contribution in [3.63, 3.8) is 0 Å². The van der Waals surface area contributed by atoms with Crippen LogP contribution in [0.2, 0.25) is 0 Å². The van der Waals surface area contributed by atoms with Gasteiger partial charge in [-0.05, 0) is 0 Å². The molecule has 11 heavy (non-hydrogen) atoms. The third kappa shape index (κ3) is 11.1. The first-order chi connectivity index (χ1) is 4.04. The first kappa shape index (κ1) is 18.0. The smallest absolute Gasteiger partial charge is 0.739 e. The largest absolute Gasteiger partial charge is 1.00 e. The van der Waals surface area contributed by atoms with Crippen LogP contribution in [0.5, 0.6) is 0 Å². The Labute approximate surface area is 107 Å². The fraction of sp³-hybridized carbons (Fsp3) is 0.500. The van der Waals surface area contributed by atoms with Gasteiger partial charge in [-0.2, -0.15) is 0 Å². The molecular weight excluding hydrogens is 364 g/mol. The zero-order chi connectivity index (χ0) is 7.44. The van der Waals surface area contributed by atoms with E-state index < -0.39 is 23.6 Å². The van der Waals surface area contributed by atoms with E-state index in [1.807, 2.05) is 0 Å². The van der Waals surface area contributed by atoms with E-state index in [1.54, 1.807) is 0 Å². The average molecular weight is 368 g/mol. The van der Waals surface area contributed by atoms with Gasteiger partial charge in [0.05, 0.1) is 6.10 Å². The number of aliphatic carboxylic acids is 1. The van der Waals surface area contributed by atoms with Crippen LogP contribution in [0.4, 0.5) is 0 Å². The third-order valence-corrected chi connectivity index (χ3v) is 0.904. The van der Waals surface area contributed by atoms with Crippen molar-refractivity contribution in [2.24, 2.45) is 0 Å². The van der Waals surface area contributed by atoms with Crippen molar-refractivity contribution < 1.29 is 71.7 Å². The van der Waals surface area contributed by atoms with Gasteiger partial charge in [0.1, 0.15) is 0 Å². The van der Waals surface area contributed by atoms with E-state index in [-0.39, 0.29) is 51.9 Å². The van der Waals surface area contributed by atoms with Crippen LogP contribution in [0.15, 0.2) is 0 Å². The normalized spacial score (nSPS) is 10.3. The standard InChI is InChI=1S/C4H6O4S.Au.Na/c5-2(4(8)9)1-3(6)7;;/h2,5H,1H2,(H,6,7)(H,8,9);;/q;2*+1/p-2. The Balaban J connectivity index is -0.000000320. The van der Waals surface area contributed by atoms with E-state index in [9.17, 15) is 14.7 Å². The molecular formula is C4H4AuNaO4S. The van der Waals surface area contributed by atoms with E-state index in [0.717, 1.165) is 0 Å². The van der Waals surface area contributed by atoms with Gasteiger partial charge in [0.15, 0.2) is 0 Å². The maximum atomic E-state index is 9.95. The molecule has 0 radical (unpaired) electrons. The van der Waals surface area contributed by atoms with Gasteiger partial charge in [-0.15, -0.1) is 0 Å². The molecule has 0 heterocycles. The van der Waals surface area contributed by atoms with Crippen molar-refractivity contribution in [1.29, 1.82) is 0 Å². The molecule has 7 heteroatoms. The van der Waals surface area contributed by atoms with Gasteiger partial charge in [0.25, 0.3) is 0 Å². The molecule has 0 rings (SSSR count). The summed E-state index contributed by atoms with van der Waals surface area (Å²) < 4.78 is 0. The van der Waals surface area contributed by atoms with Gasteiger partial charge >= 0.3 is 51.9 Å². The fourth-order valence-electron chi connectivity index (χ4n) is 0.241. The molecule has 0 aromatic rings. The molecule has 0 bridgehead atoms. The first-order valence-corrected chi connectivity index (χ1v) is 2.53. The number of carboxylic acid groups (broad SMARTS) is 1. The van der Waals surface area contributed by atoms with E-state index in [4.69, 9.17) is 5.11 Å². The van der Waals surface area contributed by atoms with E-state index in [2.05, 4.69) is 12.6 Å². The quantitative estimate of drug-likeness (QED) is 0.398. The summed E-state index contributed by atoms with van der Waals surface area (Å²) in [6.07, 6.45) is -2.31. The van der Waals surface area contributed by atoms with Crippen molar-refractivity contribution in [3.05, 3.63) is 0 Å². The van der Waals surface area contributed by atoms with Crippen LogP contribution in [-0.2, 0) is 44.6 Å². The Morgan fingerprint density at radius 3 is 2.00 bits per heavy atom. The molecule has 1 N–H and O–H groups in total. The minimum atomic E-state index is -1.59. The molecule has 1 atom stereocenters. The number of aliphatic hydroxyl groups excluding tert-OH is 1. The van der Waals surface area contributed by atoms with Crippen molar-refractivity contribution in [2.75, 3.05) is 0 Å². The van der Waals surface area contributed by atoms with Crippen LogP contribution in [0.3, 0.4) is 0 Å². The molecule has 0 fully saturated rings. The van der Waals surface area contributed by atoms with Crippen molar-refractivity contribution in [2.45, 2.75) is 12.5 Å². The summed E-state index contributed by atoms with van der Waals surface area (Å²) in [6, 6.07) is 0. The number of carbonyl (C=O) groups is 2. The molecule has 0 spiro atoms. The second kappa shape index (κ2) is 9.15. The van der Waals surface area contributed by atoms with Gasteiger partial charge in [0.2, 0.25) is 0 Å². The Morgan fingerprint density at radius 2 is 1.91 bits per heavy atom. The minimum absolute atomic E-state index is 0. The predicted octanol–water partition coefficient (Wildman–Crippen LogP) is -5.44. The second-order valence-corrected chi connectivity index (χ2v) is 1.81. The SMILES string of the molecule is O=C([O-])CC(O)C(=O)[S-].[Au+].[Na+]. The number of hydrogen-bond acceptors (Lipinski definition) is 5. The zero-order valence-corrected chi connectivity index (χ0v) is 10.6. The zero-order valence-electron chi connectivity index (χ0n) is 5.67. The summed E-state index contributed by atoms with van der Waals surface area (Å²) in [4.78, 5) is 19.6. The third-order valence-electron chi connectivity index (χ3n) is 0.632. The topological polar surface area (TPSA) is 77.4 Å². The van der Waals surface area contributed by atoms with Crippen LogP contribution in [0.1, 0.15) is 6.42 Å². The maximum absolute atomic E-state index is 9.95. The molecule has 0 aliphatic rings. The second-order valence-electron chi connectivity index (χ2n) is 1.41. The van der Waals surface area contributed by atoms with Gasteiger partial charge in [-0.1, -0.05) is 0 Å². The molecule has 62 valence electrons. The number of hydrogen-bond donors (Lipinski definition) is 1. The van der Waals surface area contributed by atoms with Gasteiger partial charge in [0, 0.05) is 17.5 Å². The molecule has 0 aliphatic carbocycles. The van der Waals surface area contributed by atoms with Crippen molar-refractivity contribution >= 4 is 23.7 Å². The fourth-order valence-corrected chi connectivity index (χ4v) is 0.325. The molecule has 0 amide bonds. The number of rotatable bonds is 3. The Bertz CT molecular complexity index is 142. The number of carboxylic acids is 1. The summed E-state index contributed by atoms with van der Waals surface area (Å²) in [6.45, 7) is 0. The summed E-state index contributed by atoms with van der Waals surface area (Å²) in [5.41, 5.74) is 0. The molecule has 0 saturated heterocycles. The minimum Gasteiger partial charge on any atom is -0.739 e. The summed E-state index contributed by atoms with van der Waals surface area (Å²) in [5, 5.41) is 17.1. The van der Waals surface area contributed by atoms with Gasteiger partial charge in [-0.3, -0.25) is 0 Å². The molecule has 0 aliphatic heterocycles. The Morgan fingerprint density at radius 1 is 1.55 bits per heavy atom. The Kier molecular flexibility index (Phi) is 15.0. The van der Waals surface area contributed by atoms with Crippen molar-refractivity contribution in [1.82, 2.24) is 0 Å². The van der Waals surface area contributed by atoms with Crippen LogP contribution in [0, 0.1) is 0 Å². The van der Waals surface area contributed by atoms with Gasteiger partial charge < -0.3 is 32.4 Å². The Hall–Kier alpha value is 1.06. The molecule has 4 nitrogen and oxygen atoms in total. The van der Waals surface area contributed by atoms with Crippen LogP contribution >= 0.6 is 0 Å². The van der Waals surface area contributed by atoms with Crippen LogP contribution in [0.25, 0.3) is 0 Å². The van der Waals surface area contributed by atoms with Crippen molar-refractivity contribution in [3.8, 4) is 0 Å². The number of aliphatic hydroxyl groups is 1. The van der Waals surface area contributed by atoms with Crippen LogP contribution < -0.4 is 34.7 Å². The number of carbonyl (C=O) groups excluding carboxylic acids is 2. The van der Waals surface area contributed by atoms with Crippen LogP contribution in [-0.4, -0.2) is 22.3 Å². The summed E-state index contributed by atoms with van der Waals surface area (Å²) in [7, 11) is 0. The molecule has 0 aromatic heterocycles. The average Bonchev–Trinajstić information content (AvgIpc) is 1.63. The first-order valence-electron chi connectivity index (χ1n) is 2.13. The monoisotopic (exact) mass is 368 g/mol. The predicted molar refractivity (Wildman–Crippen MR) is 28.0 cm³/mol. The van der Waals surface area contributed by atoms with E-state index >= 15 is 0 Å². The maximum Gasteiger partial charge on any atom is 1.00 e. The molecule has 1 unspecified atom stereocenters.